The molecule has 102 valence electrons. The number of alkyl halides is 2. The van der Waals surface area contributed by atoms with Gasteiger partial charge in [-0.2, -0.15) is 8.78 Å². The molecule has 8 nitrogen and oxygen atoms in total. The second-order valence-corrected chi connectivity index (χ2v) is 3.53. The first-order valence-corrected chi connectivity index (χ1v) is 5.03. The van der Waals surface area contributed by atoms with Gasteiger partial charge in [0.15, 0.2) is 0 Å². The molecule has 0 aromatic carbocycles. The highest BCUT2D eigenvalue weighted by Crippen LogP contribution is 2.31. The van der Waals surface area contributed by atoms with E-state index in [4.69, 9.17) is 0 Å². The zero-order valence-electron chi connectivity index (χ0n) is 9.66. The molecule has 0 radical (unpaired) electrons. The molecule has 1 aliphatic rings. The number of hydrogen-bond acceptors (Lipinski definition) is 7. The Morgan fingerprint density at radius 1 is 1.53 bits per heavy atom. The summed E-state index contributed by atoms with van der Waals surface area (Å²) in [4.78, 5) is 13.5. The summed E-state index contributed by atoms with van der Waals surface area (Å²) in [5.41, 5.74) is 2.40. The largest absolute Gasteiger partial charge is 0.415 e. The molecule has 2 heterocycles. The van der Waals surface area contributed by atoms with Gasteiger partial charge >= 0.3 is 6.61 Å². The lowest BCUT2D eigenvalue weighted by atomic mass is 10.3. The van der Waals surface area contributed by atoms with Crippen LogP contribution in [-0.4, -0.2) is 28.6 Å². The first-order chi connectivity index (χ1) is 8.97. The second-order valence-electron chi connectivity index (χ2n) is 3.53. The summed E-state index contributed by atoms with van der Waals surface area (Å²) in [6.07, 6.45) is 3.93. The first kappa shape index (κ1) is 13.0. The third kappa shape index (κ3) is 2.85. The fourth-order valence-electron chi connectivity index (χ4n) is 1.42. The molecule has 0 fully saturated rings. The van der Waals surface area contributed by atoms with E-state index in [0.717, 1.165) is 12.3 Å². The normalized spacial score (nSPS) is 14.3. The monoisotopic (exact) mass is 273 g/mol. The van der Waals surface area contributed by atoms with Gasteiger partial charge in [-0.15, -0.1) is 5.53 Å². The number of hydrazine groups is 2. The third-order valence-corrected chi connectivity index (χ3v) is 2.19. The average Bonchev–Trinajstić information content (AvgIpc) is 2.75. The number of hydrogen-bond donors (Lipinski definition) is 1. The van der Waals surface area contributed by atoms with E-state index in [9.17, 15) is 18.9 Å². The van der Waals surface area contributed by atoms with Crippen molar-refractivity contribution in [2.75, 3.05) is 12.1 Å². The molecule has 0 saturated heterocycles. The Bertz CT molecular complexity index is 525. The van der Waals surface area contributed by atoms with Crippen LogP contribution in [0.25, 0.3) is 0 Å². The first-order valence-electron chi connectivity index (χ1n) is 5.03. The molecule has 1 aromatic heterocycles. The lowest BCUT2D eigenvalue weighted by Crippen LogP contribution is -2.37. The van der Waals surface area contributed by atoms with Crippen molar-refractivity contribution in [3.8, 4) is 5.88 Å². The van der Waals surface area contributed by atoms with E-state index in [1.807, 2.05) is 0 Å². The Balaban J connectivity index is 2.38. The molecule has 0 aliphatic carbocycles. The minimum atomic E-state index is -3.07. The van der Waals surface area contributed by atoms with E-state index in [-0.39, 0.29) is 11.4 Å². The number of ether oxygens (including phenoxy) is 1. The Hall–Kier alpha value is -2.49. The maximum absolute atomic E-state index is 12.3. The van der Waals surface area contributed by atoms with Gasteiger partial charge in [0.1, 0.15) is 11.9 Å². The molecular weight excluding hydrogens is 264 g/mol. The van der Waals surface area contributed by atoms with Crippen LogP contribution in [0.4, 0.5) is 20.2 Å². The van der Waals surface area contributed by atoms with Crippen molar-refractivity contribution < 1.29 is 18.4 Å². The average molecular weight is 273 g/mol. The SMILES string of the molecule is CN1C=CN(c2cc([N+](=O)[O-])cnc2OC(F)F)N1. The number of nitrogens with one attached hydrogen (secondary N) is 1. The van der Waals surface area contributed by atoms with Crippen molar-refractivity contribution in [2.45, 2.75) is 6.61 Å². The summed E-state index contributed by atoms with van der Waals surface area (Å²) >= 11 is 0. The number of rotatable bonds is 4. The maximum Gasteiger partial charge on any atom is 0.388 e. The lowest BCUT2D eigenvalue weighted by Gasteiger charge is -2.20. The fraction of sp³-hybridized carbons (Fsp3) is 0.222. The highest BCUT2D eigenvalue weighted by Gasteiger charge is 2.22. The van der Waals surface area contributed by atoms with E-state index in [1.165, 1.54) is 16.2 Å². The number of pyridine rings is 1. The zero-order valence-corrected chi connectivity index (χ0v) is 9.66. The predicted molar refractivity (Wildman–Crippen MR) is 60.0 cm³/mol. The van der Waals surface area contributed by atoms with Gasteiger partial charge in [-0.25, -0.2) is 4.98 Å². The number of nitrogens with zero attached hydrogens (tertiary/aromatic N) is 4. The predicted octanol–water partition coefficient (Wildman–Crippen LogP) is 1.23. The summed E-state index contributed by atoms with van der Waals surface area (Å²) < 4.78 is 28.7. The van der Waals surface area contributed by atoms with E-state index < -0.39 is 17.4 Å². The molecule has 1 N–H and O–H groups in total. The Morgan fingerprint density at radius 3 is 2.79 bits per heavy atom. The minimum absolute atomic E-state index is 0.00935. The van der Waals surface area contributed by atoms with E-state index in [0.29, 0.717) is 0 Å². The number of nitro groups is 1. The van der Waals surface area contributed by atoms with Crippen LogP contribution in [0, 0.1) is 10.1 Å². The van der Waals surface area contributed by atoms with Gasteiger partial charge in [0.05, 0.1) is 4.92 Å². The smallest absolute Gasteiger partial charge is 0.388 e. The van der Waals surface area contributed by atoms with Crippen LogP contribution >= 0.6 is 0 Å². The van der Waals surface area contributed by atoms with Crippen LogP contribution in [0.2, 0.25) is 0 Å². The molecule has 10 heteroatoms. The molecule has 0 unspecified atom stereocenters. The van der Waals surface area contributed by atoms with Crippen LogP contribution in [0.5, 0.6) is 5.88 Å². The standard InChI is InChI=1S/C9H9F2N5O3/c1-14-2-3-15(13-14)7-4-6(16(17)18)5-12-8(7)19-9(10)11/h2-5,9,13H,1H3. The van der Waals surface area contributed by atoms with Crippen molar-refractivity contribution in [1.82, 2.24) is 15.5 Å². The Morgan fingerprint density at radius 2 is 2.26 bits per heavy atom. The lowest BCUT2D eigenvalue weighted by molar-refractivity contribution is -0.385. The second kappa shape index (κ2) is 5.02. The molecule has 0 bridgehead atoms. The van der Waals surface area contributed by atoms with Crippen molar-refractivity contribution in [3.63, 3.8) is 0 Å². The quantitative estimate of drug-likeness (QED) is 0.652. The summed E-state index contributed by atoms with van der Waals surface area (Å²) in [5, 5.41) is 13.5. The van der Waals surface area contributed by atoms with Gasteiger partial charge in [0, 0.05) is 25.5 Å². The summed E-state index contributed by atoms with van der Waals surface area (Å²) in [5.74, 6) is -0.409. The van der Waals surface area contributed by atoms with Gasteiger partial charge in [-0.05, 0) is 0 Å². The molecule has 19 heavy (non-hydrogen) atoms. The number of anilines is 1. The summed E-state index contributed by atoms with van der Waals surface area (Å²) in [6, 6.07) is 1.08. The van der Waals surface area contributed by atoms with Crippen LogP contribution in [0.1, 0.15) is 0 Å². The molecular formula is C9H9F2N5O3. The topological polar surface area (TPSA) is 83.8 Å². The van der Waals surface area contributed by atoms with E-state index in [1.54, 1.807) is 13.2 Å². The van der Waals surface area contributed by atoms with Crippen molar-refractivity contribution in [1.29, 1.82) is 0 Å². The van der Waals surface area contributed by atoms with Crippen molar-refractivity contribution in [2.24, 2.45) is 0 Å². The van der Waals surface area contributed by atoms with Crippen LogP contribution in [0.3, 0.4) is 0 Å². The summed E-state index contributed by atoms with van der Waals surface area (Å²) in [7, 11) is 1.66. The highest BCUT2D eigenvalue weighted by atomic mass is 19.3. The number of aromatic nitrogens is 1. The third-order valence-electron chi connectivity index (χ3n) is 2.19. The molecule has 0 spiro atoms. The zero-order chi connectivity index (χ0) is 14.0. The van der Waals surface area contributed by atoms with Gasteiger partial charge < -0.3 is 4.74 Å². The van der Waals surface area contributed by atoms with Crippen LogP contribution < -0.4 is 15.3 Å². The fourth-order valence-corrected chi connectivity index (χ4v) is 1.42. The molecule has 2 rings (SSSR count). The van der Waals surface area contributed by atoms with Gasteiger partial charge in [-0.1, -0.05) is 0 Å². The number of halogens is 2. The molecule has 1 aromatic rings. The summed E-state index contributed by atoms with van der Waals surface area (Å²) in [6.45, 7) is -3.07. The molecule has 1 aliphatic heterocycles. The maximum atomic E-state index is 12.3. The Labute approximate surface area is 106 Å². The van der Waals surface area contributed by atoms with Crippen LogP contribution in [-0.2, 0) is 0 Å². The highest BCUT2D eigenvalue weighted by molar-refractivity contribution is 5.60. The van der Waals surface area contributed by atoms with E-state index in [2.05, 4.69) is 15.3 Å². The van der Waals surface area contributed by atoms with Gasteiger partial charge in [0.2, 0.25) is 5.88 Å². The minimum Gasteiger partial charge on any atom is -0.415 e. The molecule has 0 amide bonds. The van der Waals surface area contributed by atoms with Crippen LogP contribution in [0.15, 0.2) is 24.7 Å². The van der Waals surface area contributed by atoms with Gasteiger partial charge in [-0.3, -0.25) is 20.1 Å². The molecule has 0 atom stereocenters. The van der Waals surface area contributed by atoms with Crippen molar-refractivity contribution in [3.05, 3.63) is 34.8 Å². The van der Waals surface area contributed by atoms with Gasteiger partial charge in [0.25, 0.3) is 5.69 Å². The van der Waals surface area contributed by atoms with E-state index >= 15 is 0 Å². The molecule has 0 saturated carbocycles. The van der Waals surface area contributed by atoms with Crippen molar-refractivity contribution >= 4 is 11.4 Å². The Kier molecular flexibility index (Phi) is 3.42.